The van der Waals surface area contributed by atoms with Gasteiger partial charge in [-0.05, 0) is 43.7 Å². The third-order valence-corrected chi connectivity index (χ3v) is 2.45. The van der Waals surface area contributed by atoms with Gasteiger partial charge in [0.2, 0.25) is 0 Å². The summed E-state index contributed by atoms with van der Waals surface area (Å²) in [7, 11) is 0. The van der Waals surface area contributed by atoms with Crippen LogP contribution in [0.5, 0.6) is 0 Å². The number of nitrogens with one attached hydrogen (secondary N) is 1. The van der Waals surface area contributed by atoms with Gasteiger partial charge in [-0.3, -0.25) is 10.4 Å². The van der Waals surface area contributed by atoms with Crippen molar-refractivity contribution in [2.45, 2.75) is 13.8 Å². The van der Waals surface area contributed by atoms with Gasteiger partial charge in [0.15, 0.2) is 0 Å². The summed E-state index contributed by atoms with van der Waals surface area (Å²) >= 11 is 0. The SMILES string of the molecule is Cc1cc(C)c2cc(C(=N)N)ccc2n1. The summed E-state index contributed by atoms with van der Waals surface area (Å²) < 4.78 is 0. The molecular weight excluding hydrogens is 186 g/mol. The standard InChI is InChI=1S/C12H13N3/c1-7-5-8(2)15-11-4-3-9(12(13)14)6-10(7)11/h3-6H,1-2H3,(H3,13,14). The highest BCUT2D eigenvalue weighted by Gasteiger charge is 2.03. The van der Waals surface area contributed by atoms with Gasteiger partial charge in [-0.25, -0.2) is 0 Å². The number of nitrogen functional groups attached to an aromatic ring is 1. The second-order valence-corrected chi connectivity index (χ2v) is 3.73. The average molecular weight is 199 g/mol. The maximum atomic E-state index is 7.38. The Kier molecular flexibility index (Phi) is 2.15. The molecule has 3 heteroatoms. The fraction of sp³-hybridized carbons (Fsp3) is 0.167. The number of aromatic nitrogens is 1. The summed E-state index contributed by atoms with van der Waals surface area (Å²) in [5, 5.41) is 8.44. The van der Waals surface area contributed by atoms with Crippen molar-refractivity contribution >= 4 is 16.7 Å². The van der Waals surface area contributed by atoms with E-state index >= 15 is 0 Å². The molecule has 0 aliphatic rings. The van der Waals surface area contributed by atoms with E-state index in [-0.39, 0.29) is 5.84 Å². The number of hydrogen-bond donors (Lipinski definition) is 2. The number of aryl methyl sites for hydroxylation is 2. The van der Waals surface area contributed by atoms with E-state index < -0.39 is 0 Å². The number of hydrogen-bond acceptors (Lipinski definition) is 2. The molecule has 0 unspecified atom stereocenters. The first-order valence-corrected chi connectivity index (χ1v) is 4.80. The van der Waals surface area contributed by atoms with Crippen molar-refractivity contribution in [2.24, 2.45) is 5.73 Å². The molecule has 0 aliphatic carbocycles. The van der Waals surface area contributed by atoms with Gasteiger partial charge in [-0.1, -0.05) is 0 Å². The van der Waals surface area contributed by atoms with Crippen molar-refractivity contribution < 1.29 is 0 Å². The van der Waals surface area contributed by atoms with E-state index in [1.54, 1.807) is 0 Å². The fourth-order valence-corrected chi connectivity index (χ4v) is 1.73. The van der Waals surface area contributed by atoms with Gasteiger partial charge in [-0.2, -0.15) is 0 Å². The first-order chi connectivity index (χ1) is 7.08. The first kappa shape index (κ1) is 9.65. The molecule has 0 atom stereocenters. The molecule has 3 nitrogen and oxygen atoms in total. The van der Waals surface area contributed by atoms with E-state index in [4.69, 9.17) is 11.1 Å². The first-order valence-electron chi connectivity index (χ1n) is 4.80. The summed E-state index contributed by atoms with van der Waals surface area (Å²) in [4.78, 5) is 4.43. The van der Waals surface area contributed by atoms with E-state index in [2.05, 4.69) is 4.98 Å². The van der Waals surface area contributed by atoms with E-state index in [1.165, 1.54) is 5.56 Å². The quantitative estimate of drug-likeness (QED) is 0.546. The van der Waals surface area contributed by atoms with Crippen LogP contribution in [0.4, 0.5) is 0 Å². The lowest BCUT2D eigenvalue weighted by atomic mass is 10.1. The van der Waals surface area contributed by atoms with Crippen molar-refractivity contribution in [2.75, 3.05) is 0 Å². The predicted molar refractivity (Wildman–Crippen MR) is 62.2 cm³/mol. The predicted octanol–water partition coefficient (Wildman–Crippen LogP) is 2.14. The Hall–Kier alpha value is -1.90. The van der Waals surface area contributed by atoms with Crippen LogP contribution in [0.1, 0.15) is 16.8 Å². The lowest BCUT2D eigenvalue weighted by Gasteiger charge is -2.05. The molecular formula is C12H13N3. The summed E-state index contributed by atoms with van der Waals surface area (Å²) in [6, 6.07) is 7.69. The van der Waals surface area contributed by atoms with Crippen LogP contribution in [-0.4, -0.2) is 10.8 Å². The number of fused-ring (bicyclic) bond motifs is 1. The molecule has 1 aromatic carbocycles. The Morgan fingerprint density at radius 2 is 2.00 bits per heavy atom. The minimum atomic E-state index is 0.0943. The minimum Gasteiger partial charge on any atom is -0.384 e. The molecule has 1 aromatic heterocycles. The Morgan fingerprint density at radius 1 is 1.27 bits per heavy atom. The second-order valence-electron chi connectivity index (χ2n) is 3.73. The van der Waals surface area contributed by atoms with Gasteiger partial charge in [0.25, 0.3) is 0 Å². The van der Waals surface area contributed by atoms with Crippen LogP contribution in [0.2, 0.25) is 0 Å². The smallest absolute Gasteiger partial charge is 0.122 e. The molecule has 0 saturated carbocycles. The highest BCUT2D eigenvalue weighted by molar-refractivity contribution is 5.99. The van der Waals surface area contributed by atoms with Crippen LogP contribution < -0.4 is 5.73 Å². The number of rotatable bonds is 1. The second kappa shape index (κ2) is 3.35. The molecule has 0 bridgehead atoms. The van der Waals surface area contributed by atoms with Crippen molar-refractivity contribution in [3.05, 3.63) is 41.1 Å². The summed E-state index contributed by atoms with van der Waals surface area (Å²) in [5.74, 6) is 0.0943. The lowest BCUT2D eigenvalue weighted by Crippen LogP contribution is -2.10. The molecule has 2 rings (SSSR count). The van der Waals surface area contributed by atoms with Crippen molar-refractivity contribution in [1.29, 1.82) is 5.41 Å². The molecule has 0 radical (unpaired) electrons. The van der Waals surface area contributed by atoms with Crippen LogP contribution >= 0.6 is 0 Å². The Bertz CT molecular complexity index is 544. The number of benzene rings is 1. The van der Waals surface area contributed by atoms with Crippen molar-refractivity contribution in [1.82, 2.24) is 4.98 Å². The molecule has 0 saturated heterocycles. The third kappa shape index (κ3) is 1.68. The summed E-state index contributed by atoms with van der Waals surface area (Å²) in [5.41, 5.74) is 9.33. The van der Waals surface area contributed by atoms with Gasteiger partial charge in [0.1, 0.15) is 5.84 Å². The zero-order chi connectivity index (χ0) is 11.0. The lowest BCUT2D eigenvalue weighted by molar-refractivity contribution is 1.23. The zero-order valence-electron chi connectivity index (χ0n) is 8.83. The highest BCUT2D eigenvalue weighted by atomic mass is 14.7. The zero-order valence-corrected chi connectivity index (χ0v) is 8.83. The third-order valence-electron chi connectivity index (χ3n) is 2.45. The van der Waals surface area contributed by atoms with E-state index in [9.17, 15) is 0 Å². The van der Waals surface area contributed by atoms with Crippen LogP contribution in [-0.2, 0) is 0 Å². The Labute approximate surface area is 88.5 Å². The number of nitrogens with zero attached hydrogens (tertiary/aromatic N) is 1. The van der Waals surface area contributed by atoms with Gasteiger partial charge >= 0.3 is 0 Å². The molecule has 2 aromatic rings. The van der Waals surface area contributed by atoms with E-state index in [0.717, 1.165) is 22.2 Å². The van der Waals surface area contributed by atoms with Gasteiger partial charge < -0.3 is 5.73 Å². The Morgan fingerprint density at radius 3 is 2.67 bits per heavy atom. The maximum absolute atomic E-state index is 7.38. The molecule has 0 spiro atoms. The normalized spacial score (nSPS) is 10.5. The van der Waals surface area contributed by atoms with Gasteiger partial charge in [0.05, 0.1) is 5.52 Å². The fourth-order valence-electron chi connectivity index (χ4n) is 1.73. The molecule has 0 amide bonds. The monoisotopic (exact) mass is 199 g/mol. The van der Waals surface area contributed by atoms with Crippen LogP contribution in [0.3, 0.4) is 0 Å². The topological polar surface area (TPSA) is 62.8 Å². The Balaban J connectivity index is 2.76. The van der Waals surface area contributed by atoms with Gasteiger partial charge in [0, 0.05) is 16.6 Å². The molecule has 3 N–H and O–H groups in total. The number of pyridine rings is 1. The van der Waals surface area contributed by atoms with Crippen LogP contribution in [0.15, 0.2) is 24.3 Å². The molecule has 76 valence electrons. The number of amidine groups is 1. The van der Waals surface area contributed by atoms with Crippen molar-refractivity contribution in [3.63, 3.8) is 0 Å². The van der Waals surface area contributed by atoms with E-state index in [0.29, 0.717) is 0 Å². The molecule has 0 aliphatic heterocycles. The maximum Gasteiger partial charge on any atom is 0.122 e. The molecule has 1 heterocycles. The van der Waals surface area contributed by atoms with Crippen LogP contribution in [0.25, 0.3) is 10.9 Å². The largest absolute Gasteiger partial charge is 0.384 e. The molecule has 15 heavy (non-hydrogen) atoms. The number of nitrogens with two attached hydrogens (primary N) is 1. The van der Waals surface area contributed by atoms with Crippen LogP contribution in [0, 0.1) is 19.3 Å². The minimum absolute atomic E-state index is 0.0943. The van der Waals surface area contributed by atoms with E-state index in [1.807, 2.05) is 38.1 Å². The van der Waals surface area contributed by atoms with Gasteiger partial charge in [-0.15, -0.1) is 0 Å². The molecule has 0 fully saturated rings. The average Bonchev–Trinajstić information content (AvgIpc) is 2.16. The summed E-state index contributed by atoms with van der Waals surface area (Å²) in [6.45, 7) is 4.02. The summed E-state index contributed by atoms with van der Waals surface area (Å²) in [6.07, 6.45) is 0. The highest BCUT2D eigenvalue weighted by Crippen LogP contribution is 2.18. The van der Waals surface area contributed by atoms with Crippen molar-refractivity contribution in [3.8, 4) is 0 Å².